The van der Waals surface area contributed by atoms with Gasteiger partial charge in [-0.1, -0.05) is 12.1 Å². The second kappa shape index (κ2) is 6.81. The van der Waals surface area contributed by atoms with Gasteiger partial charge < -0.3 is 9.47 Å². The van der Waals surface area contributed by atoms with E-state index >= 15 is 0 Å². The van der Waals surface area contributed by atoms with Gasteiger partial charge in [0.25, 0.3) is 0 Å². The second-order valence-corrected chi connectivity index (χ2v) is 5.23. The minimum atomic E-state index is -0.263. The van der Waals surface area contributed by atoms with Crippen LogP contribution in [0.1, 0.15) is 28.8 Å². The zero-order chi connectivity index (χ0) is 12.8. The molecule has 2 rings (SSSR count). The second-order valence-electron chi connectivity index (χ2n) is 4.36. The third-order valence-corrected chi connectivity index (χ3v) is 3.55. The molecule has 1 fully saturated rings. The average Bonchev–Trinajstić information content (AvgIpc) is 2.90. The molecule has 1 aliphatic rings. The highest BCUT2D eigenvalue weighted by Crippen LogP contribution is 2.14. The predicted molar refractivity (Wildman–Crippen MR) is 72.9 cm³/mol. The van der Waals surface area contributed by atoms with Crippen molar-refractivity contribution < 1.29 is 14.3 Å². The summed E-state index contributed by atoms with van der Waals surface area (Å²) in [6.45, 7) is 1.15. The number of ether oxygens (including phenoxy) is 2. The Balaban J connectivity index is 1.83. The molecular weight excluding hydrogens is 248 g/mol. The molecule has 1 aliphatic heterocycles. The highest BCUT2D eigenvalue weighted by atomic mass is 32.2. The molecule has 0 amide bonds. The van der Waals surface area contributed by atoms with Crippen LogP contribution in [-0.4, -0.2) is 31.5 Å². The lowest BCUT2D eigenvalue weighted by Gasteiger charge is -2.10. The van der Waals surface area contributed by atoms with Crippen LogP contribution in [0.15, 0.2) is 24.3 Å². The topological polar surface area (TPSA) is 35.5 Å². The van der Waals surface area contributed by atoms with Crippen molar-refractivity contribution in [2.45, 2.75) is 24.7 Å². The van der Waals surface area contributed by atoms with Crippen molar-refractivity contribution in [2.75, 3.05) is 19.5 Å². The van der Waals surface area contributed by atoms with E-state index in [0.29, 0.717) is 12.2 Å². The van der Waals surface area contributed by atoms with Crippen molar-refractivity contribution in [3.05, 3.63) is 35.4 Å². The van der Waals surface area contributed by atoms with Gasteiger partial charge in [0.15, 0.2) is 0 Å². The van der Waals surface area contributed by atoms with Crippen LogP contribution in [0.4, 0.5) is 0 Å². The SMILES string of the molecule is CSCc1ccc(C(=O)OCC2CCCO2)cc1. The van der Waals surface area contributed by atoms with Crippen LogP contribution < -0.4 is 0 Å². The monoisotopic (exact) mass is 266 g/mol. The molecule has 0 spiro atoms. The van der Waals surface area contributed by atoms with E-state index in [-0.39, 0.29) is 12.1 Å². The van der Waals surface area contributed by atoms with Crippen LogP contribution in [0.3, 0.4) is 0 Å². The lowest BCUT2D eigenvalue weighted by Crippen LogP contribution is -2.17. The lowest BCUT2D eigenvalue weighted by atomic mass is 10.1. The number of hydrogen-bond acceptors (Lipinski definition) is 4. The van der Waals surface area contributed by atoms with Crippen molar-refractivity contribution in [2.24, 2.45) is 0 Å². The number of hydrogen-bond donors (Lipinski definition) is 0. The summed E-state index contributed by atoms with van der Waals surface area (Å²) in [6, 6.07) is 7.59. The molecule has 1 unspecified atom stereocenters. The molecule has 0 bridgehead atoms. The van der Waals surface area contributed by atoms with Crippen LogP contribution in [0.25, 0.3) is 0 Å². The number of thioether (sulfide) groups is 1. The molecule has 0 N–H and O–H groups in total. The van der Waals surface area contributed by atoms with Gasteiger partial charge in [-0.05, 0) is 36.8 Å². The molecular formula is C14H18O3S. The first-order valence-electron chi connectivity index (χ1n) is 6.16. The summed E-state index contributed by atoms with van der Waals surface area (Å²) >= 11 is 1.76. The van der Waals surface area contributed by atoms with Gasteiger partial charge in [0.2, 0.25) is 0 Å². The molecule has 0 aromatic heterocycles. The molecule has 0 aliphatic carbocycles. The van der Waals surface area contributed by atoms with Crippen LogP contribution >= 0.6 is 11.8 Å². The third kappa shape index (κ3) is 3.75. The largest absolute Gasteiger partial charge is 0.459 e. The molecule has 18 heavy (non-hydrogen) atoms. The smallest absolute Gasteiger partial charge is 0.338 e. The molecule has 0 radical (unpaired) electrons. The van der Waals surface area contributed by atoms with E-state index in [1.54, 1.807) is 11.8 Å². The quantitative estimate of drug-likeness (QED) is 0.768. The minimum Gasteiger partial charge on any atom is -0.459 e. The Morgan fingerprint density at radius 1 is 1.44 bits per heavy atom. The Labute approximate surface area is 112 Å². The van der Waals surface area contributed by atoms with E-state index in [1.165, 1.54) is 5.56 Å². The molecule has 1 saturated heterocycles. The molecule has 1 heterocycles. The molecule has 4 heteroatoms. The van der Waals surface area contributed by atoms with Gasteiger partial charge in [-0.25, -0.2) is 4.79 Å². The summed E-state index contributed by atoms with van der Waals surface area (Å²) in [6.07, 6.45) is 4.19. The van der Waals surface area contributed by atoms with Gasteiger partial charge in [-0.15, -0.1) is 0 Å². The van der Waals surface area contributed by atoms with Crippen LogP contribution in [-0.2, 0) is 15.2 Å². The number of esters is 1. The van der Waals surface area contributed by atoms with Crippen LogP contribution in [0, 0.1) is 0 Å². The zero-order valence-electron chi connectivity index (χ0n) is 10.6. The van der Waals surface area contributed by atoms with Gasteiger partial charge in [0.05, 0.1) is 11.7 Å². The Kier molecular flexibility index (Phi) is 5.08. The van der Waals surface area contributed by atoms with Gasteiger partial charge in [-0.2, -0.15) is 11.8 Å². The van der Waals surface area contributed by atoms with E-state index in [1.807, 2.05) is 24.3 Å². The molecule has 98 valence electrons. The van der Waals surface area contributed by atoms with Crippen molar-refractivity contribution in [3.63, 3.8) is 0 Å². The number of carbonyl (C=O) groups is 1. The number of benzene rings is 1. The zero-order valence-corrected chi connectivity index (χ0v) is 11.4. The van der Waals surface area contributed by atoms with Crippen LogP contribution in [0.5, 0.6) is 0 Å². The van der Waals surface area contributed by atoms with E-state index in [0.717, 1.165) is 25.2 Å². The summed E-state index contributed by atoms with van der Waals surface area (Å²) in [5.41, 5.74) is 1.83. The van der Waals surface area contributed by atoms with Crippen molar-refractivity contribution in [1.82, 2.24) is 0 Å². The fourth-order valence-electron chi connectivity index (χ4n) is 1.93. The van der Waals surface area contributed by atoms with E-state index in [4.69, 9.17) is 9.47 Å². The van der Waals surface area contributed by atoms with Gasteiger partial charge in [-0.3, -0.25) is 0 Å². The minimum absolute atomic E-state index is 0.0877. The van der Waals surface area contributed by atoms with Gasteiger partial charge in [0.1, 0.15) is 6.61 Å². The normalized spacial score (nSPS) is 18.8. The van der Waals surface area contributed by atoms with Crippen LogP contribution in [0.2, 0.25) is 0 Å². The number of rotatable bonds is 5. The number of carbonyl (C=O) groups excluding carboxylic acids is 1. The summed E-state index contributed by atoms with van der Waals surface area (Å²) in [4.78, 5) is 11.8. The molecule has 1 aromatic rings. The first-order chi connectivity index (χ1) is 8.79. The first-order valence-corrected chi connectivity index (χ1v) is 7.55. The van der Waals surface area contributed by atoms with Crippen molar-refractivity contribution >= 4 is 17.7 Å². The summed E-state index contributed by atoms with van der Waals surface area (Å²) < 4.78 is 10.7. The summed E-state index contributed by atoms with van der Waals surface area (Å²) in [5.74, 6) is 0.701. The third-order valence-electron chi connectivity index (χ3n) is 2.92. The fraction of sp³-hybridized carbons (Fsp3) is 0.500. The Morgan fingerprint density at radius 2 is 2.22 bits per heavy atom. The lowest BCUT2D eigenvalue weighted by molar-refractivity contribution is 0.0161. The molecule has 3 nitrogen and oxygen atoms in total. The van der Waals surface area contributed by atoms with Crippen molar-refractivity contribution in [3.8, 4) is 0 Å². The Bertz CT molecular complexity index is 383. The highest BCUT2D eigenvalue weighted by Gasteiger charge is 2.17. The van der Waals surface area contributed by atoms with E-state index in [9.17, 15) is 4.79 Å². The highest BCUT2D eigenvalue weighted by molar-refractivity contribution is 7.97. The molecule has 1 atom stereocenters. The van der Waals surface area contributed by atoms with Crippen molar-refractivity contribution in [1.29, 1.82) is 0 Å². The van der Waals surface area contributed by atoms with Gasteiger partial charge in [0, 0.05) is 12.4 Å². The maximum atomic E-state index is 11.8. The van der Waals surface area contributed by atoms with Gasteiger partial charge >= 0.3 is 5.97 Å². The maximum absolute atomic E-state index is 11.8. The predicted octanol–water partition coefficient (Wildman–Crippen LogP) is 2.89. The van der Waals surface area contributed by atoms with E-state index < -0.39 is 0 Å². The Hall–Kier alpha value is -1.00. The molecule has 1 aromatic carbocycles. The Morgan fingerprint density at radius 3 is 2.83 bits per heavy atom. The first kappa shape index (κ1) is 13.4. The maximum Gasteiger partial charge on any atom is 0.338 e. The standard InChI is InChI=1S/C14H18O3S/c1-18-10-11-4-6-12(7-5-11)14(15)17-9-13-3-2-8-16-13/h4-7,13H,2-3,8-10H2,1H3. The molecule has 0 saturated carbocycles. The average molecular weight is 266 g/mol. The fourth-order valence-corrected chi connectivity index (χ4v) is 2.46. The summed E-state index contributed by atoms with van der Waals surface area (Å²) in [7, 11) is 0. The van der Waals surface area contributed by atoms with E-state index in [2.05, 4.69) is 6.26 Å². The summed E-state index contributed by atoms with van der Waals surface area (Å²) in [5, 5.41) is 0.